The summed E-state index contributed by atoms with van der Waals surface area (Å²) in [4.78, 5) is 2.13. The Labute approximate surface area is 202 Å². The molecule has 4 heteroatoms. The Hall–Kier alpha value is -1.62. The topological polar surface area (TPSA) is 12.5 Å². The van der Waals surface area contributed by atoms with Crippen molar-refractivity contribution in [2.75, 3.05) is 27.2 Å². The Bertz CT molecular complexity index is 1000. The minimum Gasteiger partial charge on any atom is -0.492 e. The van der Waals surface area contributed by atoms with Gasteiger partial charge < -0.3 is 9.64 Å². The number of benzene rings is 3. The summed E-state index contributed by atoms with van der Waals surface area (Å²) in [7, 11) is 4.12. The smallest absolute Gasteiger partial charge is 0.119 e. The van der Waals surface area contributed by atoms with E-state index < -0.39 is 0 Å². The van der Waals surface area contributed by atoms with Crippen molar-refractivity contribution in [3.63, 3.8) is 0 Å². The Kier molecular flexibility index (Phi) is 6.35. The molecule has 0 radical (unpaired) electrons. The average Bonchev–Trinajstić information content (AvgIpc) is 3.26. The molecule has 0 bridgehead atoms. The van der Waals surface area contributed by atoms with Crippen molar-refractivity contribution < 1.29 is 4.74 Å². The van der Waals surface area contributed by atoms with Gasteiger partial charge in [0.1, 0.15) is 15.6 Å². The molecule has 0 saturated heterocycles. The van der Waals surface area contributed by atoms with E-state index >= 15 is 0 Å². The largest absolute Gasteiger partial charge is 0.492 e. The van der Waals surface area contributed by atoms with Crippen LogP contribution >= 0.6 is 31.9 Å². The highest BCUT2D eigenvalue weighted by atomic mass is 79.9. The fraction of sp³-hybridized carbons (Fsp3) is 0.333. The number of halogens is 2. The third-order valence-electron chi connectivity index (χ3n) is 6.68. The highest BCUT2D eigenvalue weighted by molar-refractivity contribution is 9.25. The van der Waals surface area contributed by atoms with Crippen LogP contribution in [0.1, 0.15) is 30.0 Å². The van der Waals surface area contributed by atoms with Gasteiger partial charge in [0.25, 0.3) is 0 Å². The van der Waals surface area contributed by atoms with E-state index in [1.165, 1.54) is 16.7 Å². The lowest BCUT2D eigenvalue weighted by Crippen LogP contribution is -2.23. The van der Waals surface area contributed by atoms with Crippen molar-refractivity contribution in [1.29, 1.82) is 0 Å². The van der Waals surface area contributed by atoms with E-state index in [0.717, 1.165) is 18.7 Å². The number of hydrogen-bond acceptors (Lipinski definition) is 2. The van der Waals surface area contributed by atoms with Crippen molar-refractivity contribution in [3.05, 3.63) is 102 Å². The van der Waals surface area contributed by atoms with E-state index in [1.54, 1.807) is 0 Å². The van der Waals surface area contributed by atoms with E-state index in [9.17, 15) is 0 Å². The maximum Gasteiger partial charge on any atom is 0.119 e. The molecule has 0 aromatic heterocycles. The summed E-state index contributed by atoms with van der Waals surface area (Å²) in [6, 6.07) is 30.4. The fourth-order valence-electron chi connectivity index (χ4n) is 5.21. The molecule has 0 spiro atoms. The van der Waals surface area contributed by atoms with E-state index in [-0.39, 0.29) is 14.1 Å². The van der Waals surface area contributed by atoms with Crippen LogP contribution in [0.15, 0.2) is 84.9 Å². The molecule has 1 aliphatic carbocycles. The third-order valence-corrected chi connectivity index (χ3v) is 9.23. The molecular weight excluding hydrogens is 514 g/mol. The number of hydrogen-bond donors (Lipinski definition) is 0. The van der Waals surface area contributed by atoms with E-state index in [4.69, 9.17) is 4.74 Å². The lowest BCUT2D eigenvalue weighted by molar-refractivity contribution is 0.261. The second-order valence-electron chi connectivity index (χ2n) is 8.49. The number of rotatable bonds is 8. The Morgan fingerprint density at radius 2 is 1.26 bits per heavy atom. The van der Waals surface area contributed by atoms with Crippen molar-refractivity contribution >= 4 is 31.9 Å². The number of ether oxygens (including phenoxy) is 1. The normalized spacial score (nSPS) is 24.2. The predicted octanol–water partition coefficient (Wildman–Crippen LogP) is 6.76. The molecule has 1 aliphatic rings. The van der Waals surface area contributed by atoms with Crippen LogP contribution in [-0.2, 0) is 10.8 Å². The van der Waals surface area contributed by atoms with E-state index in [2.05, 4.69) is 143 Å². The highest BCUT2D eigenvalue weighted by Gasteiger charge is 2.86. The lowest BCUT2D eigenvalue weighted by Gasteiger charge is -2.26. The molecule has 31 heavy (non-hydrogen) atoms. The minimum absolute atomic E-state index is 0.129. The number of alkyl halides is 2. The summed E-state index contributed by atoms with van der Waals surface area (Å²) >= 11 is 8.32. The number of nitrogens with zero attached hydrogens (tertiary/aromatic N) is 1. The summed E-state index contributed by atoms with van der Waals surface area (Å²) in [5.74, 6) is 0.908. The van der Waals surface area contributed by atoms with E-state index in [0.29, 0.717) is 6.61 Å². The summed E-state index contributed by atoms with van der Waals surface area (Å²) in [5, 5.41) is 0. The number of likely N-dealkylation sites (N-methyl/N-ethyl adjacent to an activating group) is 1. The monoisotopic (exact) mass is 541 g/mol. The Morgan fingerprint density at radius 1 is 0.742 bits per heavy atom. The van der Waals surface area contributed by atoms with Gasteiger partial charge in [-0.05, 0) is 49.3 Å². The maximum absolute atomic E-state index is 5.96. The van der Waals surface area contributed by atoms with Gasteiger partial charge in [-0.3, -0.25) is 0 Å². The molecule has 0 amide bonds. The van der Waals surface area contributed by atoms with Crippen molar-refractivity contribution in [3.8, 4) is 5.75 Å². The third kappa shape index (κ3) is 3.39. The molecule has 162 valence electrons. The SMILES string of the molecule is CCC1(c2ccccc2)C(Br)(Br)C1(c1ccccc1)c1ccc(OCCN(C)C)cc1. The molecular formula is C27H29Br2NO. The fourth-order valence-corrected chi connectivity index (χ4v) is 8.22. The highest BCUT2D eigenvalue weighted by Crippen LogP contribution is 2.83. The minimum atomic E-state index is -0.301. The van der Waals surface area contributed by atoms with Gasteiger partial charge in [0.15, 0.2) is 0 Å². The molecule has 1 saturated carbocycles. The standard InChI is InChI=1S/C27H29Br2NO/c1-4-25(21-11-7-5-8-12-21)26(27(25,28)29,22-13-9-6-10-14-22)23-15-17-24(18-16-23)31-20-19-30(2)3/h5-18H,4,19-20H2,1-3H3. The van der Waals surface area contributed by atoms with Gasteiger partial charge in [-0.1, -0.05) is 112 Å². The molecule has 0 N–H and O–H groups in total. The molecule has 2 nitrogen and oxygen atoms in total. The quantitative estimate of drug-likeness (QED) is 0.291. The van der Waals surface area contributed by atoms with Crippen LogP contribution in [0, 0.1) is 0 Å². The van der Waals surface area contributed by atoms with Crippen molar-refractivity contribution in [2.24, 2.45) is 0 Å². The van der Waals surface area contributed by atoms with Crippen LogP contribution in [0.2, 0.25) is 0 Å². The summed E-state index contributed by atoms with van der Waals surface area (Å²) in [5.41, 5.74) is 3.53. The van der Waals surface area contributed by atoms with Crippen molar-refractivity contribution in [1.82, 2.24) is 4.90 Å². The van der Waals surface area contributed by atoms with Gasteiger partial charge in [-0.25, -0.2) is 0 Å². The van der Waals surface area contributed by atoms with Gasteiger partial charge in [-0.2, -0.15) is 0 Å². The average molecular weight is 543 g/mol. The lowest BCUT2D eigenvalue weighted by atomic mass is 9.76. The Morgan fingerprint density at radius 3 is 1.77 bits per heavy atom. The van der Waals surface area contributed by atoms with Crippen LogP contribution in [0.3, 0.4) is 0 Å². The summed E-state index contributed by atoms with van der Waals surface area (Å²) in [6.07, 6.45) is 0.990. The van der Waals surface area contributed by atoms with Crippen LogP contribution in [0.4, 0.5) is 0 Å². The van der Waals surface area contributed by atoms with Crippen molar-refractivity contribution in [2.45, 2.75) is 27.4 Å². The van der Waals surface area contributed by atoms with Crippen LogP contribution in [-0.4, -0.2) is 35.4 Å². The first-order valence-electron chi connectivity index (χ1n) is 10.8. The molecule has 0 heterocycles. The summed E-state index contributed by atoms with van der Waals surface area (Å²) in [6.45, 7) is 3.86. The first-order valence-corrected chi connectivity index (χ1v) is 12.4. The van der Waals surface area contributed by atoms with Gasteiger partial charge in [0, 0.05) is 12.0 Å². The maximum atomic E-state index is 5.96. The predicted molar refractivity (Wildman–Crippen MR) is 137 cm³/mol. The molecule has 1 fully saturated rings. The molecule has 0 aliphatic heterocycles. The molecule has 2 atom stereocenters. The molecule has 3 aromatic rings. The zero-order valence-electron chi connectivity index (χ0n) is 18.3. The van der Waals surface area contributed by atoms with Crippen LogP contribution in [0.5, 0.6) is 5.75 Å². The van der Waals surface area contributed by atoms with Gasteiger partial charge in [0.2, 0.25) is 0 Å². The molecule has 2 unspecified atom stereocenters. The molecule has 3 aromatic carbocycles. The first kappa shape index (κ1) is 22.6. The van der Waals surface area contributed by atoms with Crippen LogP contribution in [0.25, 0.3) is 0 Å². The van der Waals surface area contributed by atoms with Crippen LogP contribution < -0.4 is 4.74 Å². The Balaban J connectivity index is 1.82. The first-order chi connectivity index (χ1) is 14.9. The van der Waals surface area contributed by atoms with E-state index in [1.807, 2.05) is 0 Å². The second-order valence-corrected chi connectivity index (χ2v) is 11.9. The van der Waals surface area contributed by atoms with Gasteiger partial charge in [0.05, 0.1) is 5.41 Å². The zero-order chi connectivity index (χ0) is 22.1. The van der Waals surface area contributed by atoms with Gasteiger partial charge >= 0.3 is 0 Å². The molecule has 4 rings (SSSR count). The second kappa shape index (κ2) is 8.73. The summed E-state index contributed by atoms with van der Waals surface area (Å²) < 4.78 is 5.66. The van der Waals surface area contributed by atoms with Gasteiger partial charge in [-0.15, -0.1) is 0 Å². The zero-order valence-corrected chi connectivity index (χ0v) is 21.5.